The minimum atomic E-state index is -0.575. The molecule has 3 nitrogen and oxygen atoms in total. The Morgan fingerprint density at radius 2 is 2.18 bits per heavy atom. The van der Waals surface area contributed by atoms with Crippen molar-refractivity contribution in [2.24, 2.45) is 5.92 Å². The molecular weight excluding hydrogens is 282 g/mol. The Balaban J connectivity index is 1.92. The molecule has 2 rings (SSSR count). The van der Waals surface area contributed by atoms with Crippen LogP contribution in [0, 0.1) is 5.92 Å². The molecule has 2 fully saturated rings. The second-order valence-electron chi connectivity index (χ2n) is 5.46. The quantitative estimate of drug-likeness (QED) is 0.814. The molecule has 1 saturated carbocycles. The van der Waals surface area contributed by atoms with Gasteiger partial charge in [0.2, 0.25) is 0 Å². The lowest BCUT2D eigenvalue weighted by molar-refractivity contribution is -0.140. The van der Waals surface area contributed by atoms with E-state index < -0.39 is 5.60 Å². The van der Waals surface area contributed by atoms with Crippen molar-refractivity contribution in [3.05, 3.63) is 0 Å². The fraction of sp³-hybridized carbons (Fsp3) is 0.923. The van der Waals surface area contributed by atoms with Crippen LogP contribution >= 0.6 is 15.9 Å². The molecule has 98 valence electrons. The number of rotatable bonds is 3. The highest BCUT2D eigenvalue weighted by Gasteiger charge is 2.39. The van der Waals surface area contributed by atoms with Crippen LogP contribution in [0.1, 0.15) is 45.4 Å². The molecule has 3 atom stereocenters. The first-order valence-corrected chi connectivity index (χ1v) is 7.79. The van der Waals surface area contributed by atoms with Gasteiger partial charge in [-0.3, -0.25) is 4.79 Å². The predicted octanol–water partition coefficient (Wildman–Crippen LogP) is 2.63. The fourth-order valence-corrected chi connectivity index (χ4v) is 3.64. The summed E-state index contributed by atoms with van der Waals surface area (Å²) in [5.74, 6) is 0.672. The molecule has 3 unspecified atom stereocenters. The normalized spacial score (nSPS) is 38.0. The van der Waals surface area contributed by atoms with Crippen LogP contribution in [0.5, 0.6) is 0 Å². The first-order valence-electron chi connectivity index (χ1n) is 6.66. The Bertz CT molecular complexity index is 277. The molecule has 0 bridgehead atoms. The molecule has 0 radical (unpaired) electrons. The van der Waals surface area contributed by atoms with Crippen LogP contribution in [0.15, 0.2) is 0 Å². The van der Waals surface area contributed by atoms with Gasteiger partial charge in [0, 0.05) is 18.0 Å². The molecule has 4 heteroatoms. The average molecular weight is 304 g/mol. The molecule has 0 aromatic heterocycles. The van der Waals surface area contributed by atoms with E-state index in [1.54, 1.807) is 0 Å². The summed E-state index contributed by atoms with van der Waals surface area (Å²) >= 11 is 3.56. The van der Waals surface area contributed by atoms with Gasteiger partial charge in [0.15, 0.2) is 0 Å². The minimum Gasteiger partial charge on any atom is -0.365 e. The molecule has 2 aliphatic rings. The molecule has 1 amide bonds. The highest BCUT2D eigenvalue weighted by atomic mass is 79.9. The van der Waals surface area contributed by atoms with E-state index in [-0.39, 0.29) is 5.91 Å². The van der Waals surface area contributed by atoms with Crippen molar-refractivity contribution in [2.75, 3.05) is 11.9 Å². The summed E-state index contributed by atoms with van der Waals surface area (Å²) in [6, 6.07) is 0.330. The van der Waals surface area contributed by atoms with Crippen LogP contribution in [0.25, 0.3) is 0 Å². The summed E-state index contributed by atoms with van der Waals surface area (Å²) in [5, 5.41) is 4.19. The molecule has 1 saturated heterocycles. The number of carbonyl (C=O) groups excluding carboxylic acids is 1. The van der Waals surface area contributed by atoms with E-state index in [1.165, 1.54) is 19.3 Å². The maximum atomic E-state index is 12.2. The lowest BCUT2D eigenvalue weighted by Crippen LogP contribution is -2.51. The van der Waals surface area contributed by atoms with E-state index in [0.29, 0.717) is 12.0 Å². The summed E-state index contributed by atoms with van der Waals surface area (Å²) in [5.41, 5.74) is -0.575. The summed E-state index contributed by atoms with van der Waals surface area (Å²) in [4.78, 5) is 12.2. The van der Waals surface area contributed by atoms with Crippen LogP contribution in [-0.4, -0.2) is 29.5 Å². The van der Waals surface area contributed by atoms with Crippen LogP contribution in [0.4, 0.5) is 0 Å². The van der Waals surface area contributed by atoms with Gasteiger partial charge in [0.05, 0.1) is 0 Å². The van der Waals surface area contributed by atoms with Crippen molar-refractivity contribution in [3.63, 3.8) is 0 Å². The van der Waals surface area contributed by atoms with E-state index in [1.807, 2.05) is 6.92 Å². The number of halogens is 1. The van der Waals surface area contributed by atoms with Crippen molar-refractivity contribution >= 4 is 21.8 Å². The van der Waals surface area contributed by atoms with Crippen molar-refractivity contribution < 1.29 is 9.53 Å². The van der Waals surface area contributed by atoms with E-state index in [9.17, 15) is 4.79 Å². The smallest absolute Gasteiger partial charge is 0.252 e. The molecule has 1 N–H and O–H groups in total. The second kappa shape index (κ2) is 5.70. The Morgan fingerprint density at radius 1 is 1.41 bits per heavy atom. The van der Waals surface area contributed by atoms with Gasteiger partial charge in [-0.2, -0.15) is 0 Å². The summed E-state index contributed by atoms with van der Waals surface area (Å²) in [6.07, 6.45) is 6.69. The van der Waals surface area contributed by atoms with Crippen LogP contribution in [0.3, 0.4) is 0 Å². The van der Waals surface area contributed by atoms with E-state index in [4.69, 9.17) is 4.74 Å². The average Bonchev–Trinajstić information content (AvgIpc) is 2.78. The molecule has 17 heavy (non-hydrogen) atoms. The van der Waals surface area contributed by atoms with Crippen LogP contribution < -0.4 is 5.32 Å². The number of ether oxygens (including phenoxy) is 1. The summed E-state index contributed by atoms with van der Waals surface area (Å²) in [6.45, 7) is 2.64. The molecule has 0 aromatic carbocycles. The van der Waals surface area contributed by atoms with Gasteiger partial charge in [0.1, 0.15) is 5.60 Å². The van der Waals surface area contributed by atoms with Gasteiger partial charge in [-0.1, -0.05) is 28.8 Å². The molecule has 0 aromatic rings. The van der Waals surface area contributed by atoms with E-state index in [0.717, 1.165) is 31.2 Å². The highest BCUT2D eigenvalue weighted by Crippen LogP contribution is 2.29. The number of amides is 1. The number of hydrogen-bond acceptors (Lipinski definition) is 2. The largest absolute Gasteiger partial charge is 0.365 e. The predicted molar refractivity (Wildman–Crippen MR) is 71.3 cm³/mol. The SMILES string of the molecule is CC1(C(=O)NC2CCCCC2CBr)CCCO1. The van der Waals surface area contributed by atoms with Gasteiger partial charge in [-0.25, -0.2) is 0 Å². The van der Waals surface area contributed by atoms with Crippen LogP contribution in [0.2, 0.25) is 0 Å². The second-order valence-corrected chi connectivity index (χ2v) is 6.11. The van der Waals surface area contributed by atoms with Crippen molar-refractivity contribution in [1.29, 1.82) is 0 Å². The van der Waals surface area contributed by atoms with Gasteiger partial charge in [0.25, 0.3) is 5.91 Å². The Labute approximate surface area is 112 Å². The minimum absolute atomic E-state index is 0.0906. The fourth-order valence-electron chi connectivity index (χ4n) is 2.86. The topological polar surface area (TPSA) is 38.3 Å². The Kier molecular flexibility index (Phi) is 4.47. The van der Waals surface area contributed by atoms with Crippen molar-refractivity contribution in [1.82, 2.24) is 5.32 Å². The van der Waals surface area contributed by atoms with Gasteiger partial charge < -0.3 is 10.1 Å². The van der Waals surface area contributed by atoms with Crippen molar-refractivity contribution in [2.45, 2.75) is 57.1 Å². The molecule has 1 heterocycles. The van der Waals surface area contributed by atoms with Gasteiger partial charge in [-0.05, 0) is 38.5 Å². The lowest BCUT2D eigenvalue weighted by atomic mass is 9.85. The number of hydrogen-bond donors (Lipinski definition) is 1. The third-order valence-electron chi connectivity index (χ3n) is 4.12. The zero-order chi connectivity index (χ0) is 12.3. The lowest BCUT2D eigenvalue weighted by Gasteiger charge is -2.33. The molecule has 0 spiro atoms. The Morgan fingerprint density at radius 3 is 2.82 bits per heavy atom. The first-order chi connectivity index (χ1) is 8.15. The maximum Gasteiger partial charge on any atom is 0.252 e. The monoisotopic (exact) mass is 303 g/mol. The highest BCUT2D eigenvalue weighted by molar-refractivity contribution is 9.09. The molecule has 1 aliphatic carbocycles. The number of carbonyl (C=O) groups is 1. The van der Waals surface area contributed by atoms with Gasteiger partial charge in [-0.15, -0.1) is 0 Å². The Hall–Kier alpha value is -0.0900. The summed E-state index contributed by atoms with van der Waals surface area (Å²) < 4.78 is 5.59. The van der Waals surface area contributed by atoms with E-state index >= 15 is 0 Å². The van der Waals surface area contributed by atoms with Gasteiger partial charge >= 0.3 is 0 Å². The van der Waals surface area contributed by atoms with Crippen molar-refractivity contribution in [3.8, 4) is 0 Å². The zero-order valence-electron chi connectivity index (χ0n) is 10.5. The zero-order valence-corrected chi connectivity index (χ0v) is 12.1. The third-order valence-corrected chi connectivity index (χ3v) is 4.95. The number of alkyl halides is 1. The summed E-state index contributed by atoms with van der Waals surface area (Å²) in [7, 11) is 0. The maximum absolute atomic E-state index is 12.2. The third kappa shape index (κ3) is 3.02. The number of nitrogens with one attached hydrogen (secondary N) is 1. The van der Waals surface area contributed by atoms with Crippen LogP contribution in [-0.2, 0) is 9.53 Å². The first kappa shape index (κ1) is 13.3. The molecular formula is C13H22BrNO2. The van der Waals surface area contributed by atoms with E-state index in [2.05, 4.69) is 21.2 Å². The molecule has 1 aliphatic heterocycles. The standard InChI is InChI=1S/C13H22BrNO2/c1-13(7-4-8-17-13)12(16)15-11-6-3-2-5-10(11)9-14/h10-11H,2-9H2,1H3,(H,15,16).